The summed E-state index contributed by atoms with van der Waals surface area (Å²) in [5, 5.41) is 2.66. The van der Waals surface area contributed by atoms with E-state index in [1.807, 2.05) is 23.2 Å². The Morgan fingerprint density at radius 3 is 2.88 bits per heavy atom. The summed E-state index contributed by atoms with van der Waals surface area (Å²) in [4.78, 5) is 13.4. The molecule has 16 heavy (non-hydrogen) atoms. The van der Waals surface area contributed by atoms with Crippen LogP contribution in [-0.2, 0) is 4.74 Å². The number of carbonyl (C=O) groups excluding carboxylic acids is 1. The first-order chi connectivity index (χ1) is 7.81. The number of ether oxygens (including phenoxy) is 1. The highest BCUT2D eigenvalue weighted by atomic mass is 32.2. The molecular formula is C12H16O2S2. The fraction of sp³-hybridized carbons (Fsp3) is 0.583. The lowest BCUT2D eigenvalue weighted by Gasteiger charge is -2.20. The number of carbonyl (C=O) groups is 1. The zero-order chi connectivity index (χ0) is 11.4. The van der Waals surface area contributed by atoms with E-state index < -0.39 is 0 Å². The summed E-state index contributed by atoms with van der Waals surface area (Å²) in [6.07, 6.45) is 6.58. The first-order valence-electron chi connectivity index (χ1n) is 5.63. The summed E-state index contributed by atoms with van der Waals surface area (Å²) in [6, 6.07) is 2.04. The lowest BCUT2D eigenvalue weighted by molar-refractivity contribution is 0.0603. The van der Waals surface area contributed by atoms with Crippen molar-refractivity contribution in [3.8, 4) is 0 Å². The van der Waals surface area contributed by atoms with E-state index in [1.54, 1.807) is 0 Å². The minimum absolute atomic E-state index is 0.201. The van der Waals surface area contributed by atoms with E-state index >= 15 is 0 Å². The van der Waals surface area contributed by atoms with Crippen molar-refractivity contribution in [2.45, 2.75) is 42.2 Å². The first-order valence-corrected chi connectivity index (χ1v) is 7.39. The fourth-order valence-corrected chi connectivity index (χ4v) is 4.34. The van der Waals surface area contributed by atoms with Crippen molar-refractivity contribution >= 4 is 29.1 Å². The maximum Gasteiger partial charge on any atom is 0.349 e. The number of thioether (sulfide) groups is 1. The Morgan fingerprint density at radius 2 is 2.19 bits per heavy atom. The summed E-state index contributed by atoms with van der Waals surface area (Å²) in [5.74, 6) is -0.201. The number of hydrogen-bond acceptors (Lipinski definition) is 4. The van der Waals surface area contributed by atoms with Crippen LogP contribution in [0.3, 0.4) is 0 Å². The van der Waals surface area contributed by atoms with Crippen LogP contribution in [0.15, 0.2) is 16.3 Å². The highest BCUT2D eigenvalue weighted by Gasteiger charge is 2.19. The van der Waals surface area contributed by atoms with Crippen LogP contribution in [0.1, 0.15) is 41.8 Å². The molecule has 1 heterocycles. The molecule has 88 valence electrons. The molecule has 0 aromatic carbocycles. The standard InChI is InChI=1S/C12H16O2S2/c1-14-12(13)11-10(7-8-15-11)16-9-5-3-2-4-6-9/h7-9H,2-6H2,1H3. The highest BCUT2D eigenvalue weighted by molar-refractivity contribution is 8.00. The van der Waals surface area contributed by atoms with Crippen molar-refractivity contribution in [3.63, 3.8) is 0 Å². The largest absolute Gasteiger partial charge is 0.465 e. The third kappa shape index (κ3) is 2.80. The van der Waals surface area contributed by atoms with E-state index in [2.05, 4.69) is 0 Å². The molecule has 0 unspecified atom stereocenters. The van der Waals surface area contributed by atoms with Gasteiger partial charge >= 0.3 is 5.97 Å². The van der Waals surface area contributed by atoms with Gasteiger partial charge in [0.05, 0.1) is 7.11 Å². The smallest absolute Gasteiger partial charge is 0.349 e. The molecule has 1 aliphatic rings. The molecule has 0 radical (unpaired) electrons. The van der Waals surface area contributed by atoms with E-state index in [9.17, 15) is 4.79 Å². The van der Waals surface area contributed by atoms with Gasteiger partial charge in [0.1, 0.15) is 4.88 Å². The number of methoxy groups -OCH3 is 1. The normalized spacial score (nSPS) is 17.3. The fourth-order valence-electron chi connectivity index (χ4n) is 1.99. The van der Waals surface area contributed by atoms with Crippen molar-refractivity contribution in [2.24, 2.45) is 0 Å². The average molecular weight is 256 g/mol. The predicted octanol–water partition coefficient (Wildman–Crippen LogP) is 3.96. The van der Waals surface area contributed by atoms with Crippen molar-refractivity contribution in [1.29, 1.82) is 0 Å². The van der Waals surface area contributed by atoms with Gasteiger partial charge in [0.15, 0.2) is 0 Å². The molecule has 1 fully saturated rings. The molecule has 4 heteroatoms. The second-order valence-corrected chi connectivity index (χ2v) is 6.24. The van der Waals surface area contributed by atoms with Crippen molar-refractivity contribution in [1.82, 2.24) is 0 Å². The maximum atomic E-state index is 11.5. The molecule has 0 bridgehead atoms. The zero-order valence-corrected chi connectivity index (χ0v) is 11.0. The number of esters is 1. The molecule has 1 aromatic rings. The number of hydrogen-bond donors (Lipinski definition) is 0. The van der Waals surface area contributed by atoms with Crippen LogP contribution in [0.25, 0.3) is 0 Å². The van der Waals surface area contributed by atoms with Gasteiger partial charge in [-0.05, 0) is 24.3 Å². The Hall–Kier alpha value is -0.480. The summed E-state index contributed by atoms with van der Waals surface area (Å²) in [7, 11) is 1.44. The van der Waals surface area contributed by atoms with Crippen LogP contribution >= 0.6 is 23.1 Å². The topological polar surface area (TPSA) is 26.3 Å². The van der Waals surface area contributed by atoms with Gasteiger partial charge < -0.3 is 4.74 Å². The second kappa shape index (κ2) is 5.73. The third-order valence-corrected chi connectivity index (χ3v) is 5.27. The quantitative estimate of drug-likeness (QED) is 0.766. The van der Waals surface area contributed by atoms with E-state index in [4.69, 9.17) is 4.74 Å². The zero-order valence-electron chi connectivity index (χ0n) is 9.40. The van der Waals surface area contributed by atoms with Gasteiger partial charge in [0.25, 0.3) is 0 Å². The average Bonchev–Trinajstić information content (AvgIpc) is 2.77. The molecule has 0 atom stereocenters. The second-order valence-electron chi connectivity index (χ2n) is 3.98. The lowest BCUT2D eigenvalue weighted by atomic mass is 10.0. The first kappa shape index (κ1) is 12.0. The Kier molecular flexibility index (Phi) is 4.29. The Balaban J connectivity index is 2.03. The van der Waals surface area contributed by atoms with Crippen molar-refractivity contribution in [2.75, 3.05) is 7.11 Å². The van der Waals surface area contributed by atoms with Crippen LogP contribution < -0.4 is 0 Å². The van der Waals surface area contributed by atoms with Gasteiger partial charge in [-0.25, -0.2) is 4.79 Å². The van der Waals surface area contributed by atoms with Crippen LogP contribution in [0.4, 0.5) is 0 Å². The van der Waals surface area contributed by atoms with Gasteiger partial charge in [-0.1, -0.05) is 19.3 Å². The van der Waals surface area contributed by atoms with Crippen LogP contribution in [0, 0.1) is 0 Å². The number of thiophene rings is 1. The number of rotatable bonds is 3. The molecule has 0 amide bonds. The summed E-state index contributed by atoms with van der Waals surface area (Å²) in [6.45, 7) is 0. The Bertz CT molecular complexity index is 354. The summed E-state index contributed by atoms with van der Waals surface area (Å²) in [5.41, 5.74) is 0. The molecule has 1 aliphatic carbocycles. The van der Waals surface area contributed by atoms with Crippen molar-refractivity contribution in [3.05, 3.63) is 16.3 Å². The summed E-state index contributed by atoms with van der Waals surface area (Å²) < 4.78 is 4.78. The molecule has 2 nitrogen and oxygen atoms in total. The van der Waals surface area contributed by atoms with E-state index in [0.29, 0.717) is 5.25 Å². The van der Waals surface area contributed by atoms with Gasteiger partial charge in [0, 0.05) is 10.1 Å². The highest BCUT2D eigenvalue weighted by Crippen LogP contribution is 2.37. The molecule has 0 saturated heterocycles. The molecule has 2 rings (SSSR count). The molecular weight excluding hydrogens is 240 g/mol. The lowest BCUT2D eigenvalue weighted by Crippen LogP contribution is -2.08. The minimum atomic E-state index is -0.201. The molecule has 0 aliphatic heterocycles. The van der Waals surface area contributed by atoms with Gasteiger partial charge in [-0.2, -0.15) is 0 Å². The Morgan fingerprint density at radius 1 is 1.44 bits per heavy atom. The molecule has 0 spiro atoms. The third-order valence-electron chi connectivity index (χ3n) is 2.85. The molecule has 1 aromatic heterocycles. The minimum Gasteiger partial charge on any atom is -0.465 e. The van der Waals surface area contributed by atoms with E-state index in [-0.39, 0.29) is 5.97 Å². The maximum absolute atomic E-state index is 11.5. The molecule has 1 saturated carbocycles. The van der Waals surface area contributed by atoms with Crippen LogP contribution in [0.2, 0.25) is 0 Å². The Labute approximate surface area is 104 Å². The van der Waals surface area contributed by atoms with Gasteiger partial charge in [0.2, 0.25) is 0 Å². The molecule has 0 N–H and O–H groups in total. The van der Waals surface area contributed by atoms with Crippen molar-refractivity contribution < 1.29 is 9.53 Å². The SMILES string of the molecule is COC(=O)c1sccc1SC1CCCCC1. The van der Waals surface area contributed by atoms with Gasteiger partial charge in [-0.3, -0.25) is 0 Å². The summed E-state index contributed by atoms with van der Waals surface area (Å²) >= 11 is 3.33. The van der Waals surface area contributed by atoms with Gasteiger partial charge in [-0.15, -0.1) is 23.1 Å². The predicted molar refractivity (Wildman–Crippen MR) is 68.4 cm³/mol. The van der Waals surface area contributed by atoms with Crippen LogP contribution in [0.5, 0.6) is 0 Å². The monoisotopic (exact) mass is 256 g/mol. The van der Waals surface area contributed by atoms with Crippen LogP contribution in [-0.4, -0.2) is 18.3 Å². The van der Waals surface area contributed by atoms with E-state index in [0.717, 1.165) is 9.77 Å². The van der Waals surface area contributed by atoms with E-state index in [1.165, 1.54) is 50.6 Å².